The predicted octanol–water partition coefficient (Wildman–Crippen LogP) is 4.63. The van der Waals surface area contributed by atoms with Gasteiger partial charge in [0.05, 0.1) is 6.04 Å². The molecule has 29 heavy (non-hydrogen) atoms. The number of fused-ring (bicyclic) bond motifs is 1. The lowest BCUT2D eigenvalue weighted by Crippen LogP contribution is -2.45. The zero-order valence-corrected chi connectivity index (χ0v) is 17.8. The van der Waals surface area contributed by atoms with Gasteiger partial charge in [0, 0.05) is 24.4 Å². The van der Waals surface area contributed by atoms with Crippen LogP contribution in [0, 0.1) is 12.8 Å². The zero-order valence-electron chi connectivity index (χ0n) is 17.8. The Morgan fingerprint density at radius 1 is 1.10 bits per heavy atom. The van der Waals surface area contributed by atoms with Crippen molar-refractivity contribution in [3.05, 3.63) is 65.2 Å². The number of rotatable bonds is 4. The van der Waals surface area contributed by atoms with Crippen LogP contribution in [0.3, 0.4) is 0 Å². The van der Waals surface area contributed by atoms with Crippen molar-refractivity contribution in [2.45, 2.75) is 58.2 Å². The Kier molecular flexibility index (Phi) is 5.64. The van der Waals surface area contributed by atoms with E-state index in [1.165, 1.54) is 11.1 Å². The summed E-state index contributed by atoms with van der Waals surface area (Å²) in [6.45, 7) is 9.21. The van der Waals surface area contributed by atoms with Crippen LogP contribution in [0.4, 0.5) is 0 Å². The molecule has 1 amide bonds. The summed E-state index contributed by atoms with van der Waals surface area (Å²) in [5.41, 5.74) is 3.46. The Hall–Kier alpha value is -2.33. The molecular weight excluding hydrogens is 360 g/mol. The summed E-state index contributed by atoms with van der Waals surface area (Å²) in [5.74, 6) is 1.18. The number of ether oxygens (including phenoxy) is 1. The molecule has 0 aliphatic carbocycles. The number of amides is 1. The number of piperidine rings is 1. The summed E-state index contributed by atoms with van der Waals surface area (Å²) >= 11 is 0. The van der Waals surface area contributed by atoms with Crippen molar-refractivity contribution in [3.63, 3.8) is 0 Å². The average molecular weight is 393 g/mol. The fourth-order valence-corrected chi connectivity index (χ4v) is 4.53. The number of likely N-dealkylation sites (tertiary alicyclic amines) is 1. The van der Waals surface area contributed by atoms with Crippen molar-refractivity contribution in [2.75, 3.05) is 13.1 Å². The lowest BCUT2D eigenvalue weighted by molar-refractivity contribution is -0.127. The molecule has 1 N–H and O–H groups in total. The monoisotopic (exact) mass is 392 g/mol. The normalized spacial score (nSPS) is 21.8. The Morgan fingerprint density at radius 2 is 1.79 bits per heavy atom. The van der Waals surface area contributed by atoms with Crippen LogP contribution in [-0.2, 0) is 11.3 Å². The summed E-state index contributed by atoms with van der Waals surface area (Å²) in [7, 11) is 0. The minimum absolute atomic E-state index is 0.0213. The summed E-state index contributed by atoms with van der Waals surface area (Å²) in [5, 5.41) is 3.33. The Labute approximate surface area is 174 Å². The van der Waals surface area contributed by atoms with Crippen LogP contribution >= 0.6 is 0 Å². The second-order valence-electron chi connectivity index (χ2n) is 9.20. The molecule has 0 spiro atoms. The van der Waals surface area contributed by atoms with E-state index in [4.69, 9.17) is 4.74 Å². The predicted molar refractivity (Wildman–Crippen MR) is 116 cm³/mol. The molecule has 0 saturated carbocycles. The molecule has 0 bridgehead atoms. The molecular formula is C25H32N2O2. The third-order valence-corrected chi connectivity index (χ3v) is 6.18. The van der Waals surface area contributed by atoms with Crippen LogP contribution in [-0.4, -0.2) is 29.5 Å². The standard InChI is InChI=1S/C25H32N2O2/c1-18-8-10-19(11-9-18)17-27-14-12-20(13-15-27)24(28)26-22-16-25(2,3)29-23-7-5-4-6-21(22)23/h4-11,20,22H,12-17H2,1-3H3,(H,26,28). The zero-order chi connectivity index (χ0) is 20.4. The number of nitrogens with zero attached hydrogens (tertiary/aromatic N) is 1. The van der Waals surface area contributed by atoms with Crippen molar-refractivity contribution in [1.82, 2.24) is 10.2 Å². The fourth-order valence-electron chi connectivity index (χ4n) is 4.53. The highest BCUT2D eigenvalue weighted by molar-refractivity contribution is 5.79. The number of para-hydroxylation sites is 1. The molecule has 2 heterocycles. The van der Waals surface area contributed by atoms with Gasteiger partial charge < -0.3 is 10.1 Å². The second-order valence-corrected chi connectivity index (χ2v) is 9.20. The fraction of sp³-hybridized carbons (Fsp3) is 0.480. The van der Waals surface area contributed by atoms with E-state index in [1.807, 2.05) is 18.2 Å². The summed E-state index contributed by atoms with van der Waals surface area (Å²) in [4.78, 5) is 15.5. The van der Waals surface area contributed by atoms with E-state index in [0.29, 0.717) is 0 Å². The van der Waals surface area contributed by atoms with Crippen molar-refractivity contribution in [2.24, 2.45) is 5.92 Å². The molecule has 2 aliphatic heterocycles. The second kappa shape index (κ2) is 8.19. The van der Waals surface area contributed by atoms with E-state index in [0.717, 1.165) is 50.2 Å². The van der Waals surface area contributed by atoms with Crippen molar-refractivity contribution >= 4 is 5.91 Å². The third kappa shape index (κ3) is 4.81. The molecule has 0 radical (unpaired) electrons. The first-order chi connectivity index (χ1) is 13.9. The van der Waals surface area contributed by atoms with E-state index in [2.05, 4.69) is 61.3 Å². The van der Waals surface area contributed by atoms with Crippen LogP contribution < -0.4 is 10.1 Å². The van der Waals surface area contributed by atoms with Gasteiger partial charge in [-0.15, -0.1) is 0 Å². The van der Waals surface area contributed by atoms with Crippen molar-refractivity contribution < 1.29 is 9.53 Å². The lowest BCUT2D eigenvalue weighted by Gasteiger charge is -2.39. The molecule has 4 rings (SSSR count). The molecule has 1 saturated heterocycles. The summed E-state index contributed by atoms with van der Waals surface area (Å²) < 4.78 is 6.10. The molecule has 2 aromatic rings. The molecule has 4 nitrogen and oxygen atoms in total. The number of carbonyl (C=O) groups excluding carboxylic acids is 1. The number of aryl methyl sites for hydroxylation is 1. The quantitative estimate of drug-likeness (QED) is 0.825. The van der Waals surface area contributed by atoms with Crippen LogP contribution in [0.15, 0.2) is 48.5 Å². The van der Waals surface area contributed by atoms with Gasteiger partial charge in [-0.05, 0) is 58.3 Å². The Morgan fingerprint density at radius 3 is 2.52 bits per heavy atom. The molecule has 1 fully saturated rings. The maximum atomic E-state index is 13.0. The molecule has 1 unspecified atom stereocenters. The lowest BCUT2D eigenvalue weighted by atomic mass is 9.88. The van der Waals surface area contributed by atoms with Gasteiger partial charge in [0.2, 0.25) is 5.91 Å². The van der Waals surface area contributed by atoms with Gasteiger partial charge in [-0.2, -0.15) is 0 Å². The highest BCUT2D eigenvalue weighted by Crippen LogP contribution is 2.39. The van der Waals surface area contributed by atoms with E-state index < -0.39 is 0 Å². The van der Waals surface area contributed by atoms with E-state index >= 15 is 0 Å². The van der Waals surface area contributed by atoms with Crippen LogP contribution in [0.1, 0.15) is 55.8 Å². The largest absolute Gasteiger partial charge is 0.487 e. The smallest absolute Gasteiger partial charge is 0.223 e. The number of nitrogens with one attached hydrogen (secondary N) is 1. The van der Waals surface area contributed by atoms with Crippen LogP contribution in [0.25, 0.3) is 0 Å². The first kappa shape index (κ1) is 20.0. The van der Waals surface area contributed by atoms with Gasteiger partial charge in [0.1, 0.15) is 11.4 Å². The summed E-state index contributed by atoms with van der Waals surface area (Å²) in [6, 6.07) is 16.8. The number of hydrogen-bond donors (Lipinski definition) is 1. The number of hydrogen-bond acceptors (Lipinski definition) is 3. The first-order valence-corrected chi connectivity index (χ1v) is 10.8. The van der Waals surface area contributed by atoms with E-state index in [1.54, 1.807) is 0 Å². The van der Waals surface area contributed by atoms with Crippen LogP contribution in [0.2, 0.25) is 0 Å². The maximum Gasteiger partial charge on any atom is 0.223 e. The molecule has 154 valence electrons. The molecule has 4 heteroatoms. The topological polar surface area (TPSA) is 41.6 Å². The van der Waals surface area contributed by atoms with Crippen molar-refractivity contribution in [3.8, 4) is 5.75 Å². The van der Waals surface area contributed by atoms with Gasteiger partial charge in [0.25, 0.3) is 0 Å². The molecule has 0 aromatic heterocycles. The minimum Gasteiger partial charge on any atom is -0.487 e. The third-order valence-electron chi connectivity index (χ3n) is 6.18. The Balaban J connectivity index is 1.34. The van der Waals surface area contributed by atoms with Gasteiger partial charge in [-0.25, -0.2) is 0 Å². The number of carbonyl (C=O) groups is 1. The molecule has 1 atom stereocenters. The maximum absolute atomic E-state index is 13.0. The van der Waals surface area contributed by atoms with E-state index in [-0.39, 0.29) is 23.5 Å². The van der Waals surface area contributed by atoms with Crippen molar-refractivity contribution in [1.29, 1.82) is 0 Å². The van der Waals surface area contributed by atoms with Gasteiger partial charge in [0.15, 0.2) is 0 Å². The minimum atomic E-state index is -0.274. The Bertz CT molecular complexity index is 851. The molecule has 2 aliphatic rings. The number of benzene rings is 2. The van der Waals surface area contributed by atoms with Crippen LogP contribution in [0.5, 0.6) is 5.75 Å². The van der Waals surface area contributed by atoms with Gasteiger partial charge in [-0.3, -0.25) is 9.69 Å². The SMILES string of the molecule is Cc1ccc(CN2CCC(C(=O)NC3CC(C)(C)Oc4ccccc43)CC2)cc1. The molecule has 2 aromatic carbocycles. The van der Waals surface area contributed by atoms with Gasteiger partial charge in [-0.1, -0.05) is 48.0 Å². The van der Waals surface area contributed by atoms with Gasteiger partial charge >= 0.3 is 0 Å². The van der Waals surface area contributed by atoms with E-state index in [9.17, 15) is 4.79 Å². The first-order valence-electron chi connectivity index (χ1n) is 10.8. The highest BCUT2D eigenvalue weighted by Gasteiger charge is 2.35. The average Bonchev–Trinajstić information content (AvgIpc) is 2.69. The highest BCUT2D eigenvalue weighted by atomic mass is 16.5. The summed E-state index contributed by atoms with van der Waals surface area (Å²) in [6.07, 6.45) is 2.64.